The number of nitro groups is 1. The van der Waals surface area contributed by atoms with Gasteiger partial charge in [-0.25, -0.2) is 5.43 Å². The van der Waals surface area contributed by atoms with E-state index in [0.29, 0.717) is 17.1 Å². The molecule has 0 spiro atoms. The predicted molar refractivity (Wildman–Crippen MR) is 143 cm³/mol. The molecule has 1 amide bonds. The number of hydrogen-bond donors (Lipinski definition) is 1. The maximum atomic E-state index is 12.4. The summed E-state index contributed by atoms with van der Waals surface area (Å²) in [7, 11) is 1.54. The quantitative estimate of drug-likeness (QED) is 0.154. The van der Waals surface area contributed by atoms with Crippen molar-refractivity contribution in [3.63, 3.8) is 0 Å². The zero-order chi connectivity index (χ0) is 25.6. The predicted octanol–water partition coefficient (Wildman–Crippen LogP) is 5.85. The zero-order valence-corrected chi connectivity index (χ0v) is 22.0. The van der Waals surface area contributed by atoms with Crippen LogP contribution in [-0.4, -0.2) is 24.2 Å². The molecule has 3 aromatic carbocycles. The van der Waals surface area contributed by atoms with Gasteiger partial charge in [-0.2, -0.15) is 5.10 Å². The summed E-state index contributed by atoms with van der Waals surface area (Å²) in [6, 6.07) is 17.2. The minimum Gasteiger partial charge on any atom is -0.493 e. The number of nitrogens with one attached hydrogen (secondary N) is 1. The Balaban J connectivity index is 1.65. The summed E-state index contributed by atoms with van der Waals surface area (Å²) in [6.45, 7) is 6.58. The van der Waals surface area contributed by atoms with Crippen LogP contribution in [0.25, 0.3) is 0 Å². The summed E-state index contributed by atoms with van der Waals surface area (Å²) < 4.78 is 12.2. The third-order valence-corrected chi connectivity index (χ3v) is 5.98. The van der Waals surface area contributed by atoms with Gasteiger partial charge in [0.25, 0.3) is 11.6 Å². The first kappa shape index (κ1) is 26.1. The molecule has 0 aliphatic heterocycles. The van der Waals surface area contributed by atoms with E-state index in [0.717, 1.165) is 20.3 Å². The maximum absolute atomic E-state index is 12.4. The normalized spacial score (nSPS) is 11.3. The lowest BCUT2D eigenvalue weighted by molar-refractivity contribution is -0.384. The molecule has 0 fully saturated rings. The molecular formula is C26H26IN3O5. The van der Waals surface area contributed by atoms with Crippen LogP contribution < -0.4 is 14.9 Å². The molecule has 1 N–H and O–H groups in total. The van der Waals surface area contributed by atoms with Crippen LogP contribution in [0.3, 0.4) is 0 Å². The summed E-state index contributed by atoms with van der Waals surface area (Å²) in [5.41, 5.74) is 5.77. The van der Waals surface area contributed by atoms with Crippen LogP contribution in [0.15, 0.2) is 65.8 Å². The average molecular weight is 587 g/mol. The Kier molecular flexibility index (Phi) is 8.44. The van der Waals surface area contributed by atoms with Crippen molar-refractivity contribution in [3.8, 4) is 11.5 Å². The number of ether oxygens (including phenoxy) is 2. The van der Waals surface area contributed by atoms with Gasteiger partial charge in [0.1, 0.15) is 6.61 Å². The van der Waals surface area contributed by atoms with Crippen molar-refractivity contribution >= 4 is 40.4 Å². The first-order chi connectivity index (χ1) is 16.6. The lowest BCUT2D eigenvalue weighted by Gasteiger charge is -2.18. The number of benzene rings is 3. The highest BCUT2D eigenvalue weighted by atomic mass is 127. The molecule has 0 aromatic heterocycles. The molecule has 0 atom stereocenters. The molecule has 0 aliphatic rings. The van der Waals surface area contributed by atoms with Crippen LogP contribution in [0.4, 0.5) is 5.69 Å². The molecule has 0 unspecified atom stereocenters. The van der Waals surface area contributed by atoms with Crippen molar-refractivity contribution < 1.29 is 19.2 Å². The molecule has 0 aliphatic carbocycles. The number of hydrazone groups is 1. The summed E-state index contributed by atoms with van der Waals surface area (Å²) >= 11 is 2.13. The van der Waals surface area contributed by atoms with Gasteiger partial charge in [-0.05, 0) is 81.1 Å². The Morgan fingerprint density at radius 1 is 1.11 bits per heavy atom. The second kappa shape index (κ2) is 11.3. The molecule has 0 heterocycles. The fraction of sp³-hybridized carbons (Fsp3) is 0.231. The number of halogens is 1. The van der Waals surface area contributed by atoms with Crippen LogP contribution in [0.5, 0.6) is 11.5 Å². The molecule has 3 rings (SSSR count). The van der Waals surface area contributed by atoms with Gasteiger partial charge < -0.3 is 9.47 Å². The number of methoxy groups -OCH3 is 1. The number of non-ortho nitro benzene ring substituents is 1. The fourth-order valence-corrected chi connectivity index (χ4v) is 3.96. The monoisotopic (exact) mass is 587 g/mol. The molecule has 0 saturated carbocycles. The molecule has 3 aromatic rings. The molecule has 8 nitrogen and oxygen atoms in total. The summed E-state index contributed by atoms with van der Waals surface area (Å²) in [5.74, 6) is 0.752. The lowest BCUT2D eigenvalue weighted by atomic mass is 9.87. The zero-order valence-electron chi connectivity index (χ0n) is 19.9. The van der Waals surface area contributed by atoms with E-state index in [1.54, 1.807) is 30.3 Å². The number of carbonyl (C=O) groups excluding carboxylic acids is 1. The van der Waals surface area contributed by atoms with Gasteiger partial charge in [0.05, 0.1) is 21.8 Å². The van der Waals surface area contributed by atoms with Crippen molar-refractivity contribution in [3.05, 3.63) is 96.6 Å². The van der Waals surface area contributed by atoms with E-state index in [-0.39, 0.29) is 23.6 Å². The topological polar surface area (TPSA) is 103 Å². The van der Waals surface area contributed by atoms with Crippen LogP contribution in [0, 0.1) is 13.7 Å². The minimum absolute atomic E-state index is 0.0150. The summed E-state index contributed by atoms with van der Waals surface area (Å²) in [6.07, 6.45) is 1.53. The standard InChI is InChI=1S/C26H26IN3O5/c1-26(2,3)20-9-7-19(8-10-20)25(31)29-28-15-18-13-22(27)24(23(14-18)34-4)35-16-17-5-11-21(12-6-17)30(32)33/h5-15H,16H2,1-4H3,(H,29,31)/b28-15-. The molecule has 0 bridgehead atoms. The van der Waals surface area contributed by atoms with Crippen molar-refractivity contribution in [1.29, 1.82) is 0 Å². The van der Waals surface area contributed by atoms with Gasteiger partial charge in [0.2, 0.25) is 0 Å². The number of carbonyl (C=O) groups is 1. The molecule has 0 radical (unpaired) electrons. The highest BCUT2D eigenvalue weighted by Crippen LogP contribution is 2.34. The van der Waals surface area contributed by atoms with E-state index >= 15 is 0 Å². The second-order valence-electron chi connectivity index (χ2n) is 8.77. The number of nitrogens with zero attached hydrogens (tertiary/aromatic N) is 2. The third-order valence-electron chi connectivity index (χ3n) is 5.17. The highest BCUT2D eigenvalue weighted by molar-refractivity contribution is 14.1. The van der Waals surface area contributed by atoms with Crippen LogP contribution in [-0.2, 0) is 12.0 Å². The van der Waals surface area contributed by atoms with E-state index in [9.17, 15) is 14.9 Å². The van der Waals surface area contributed by atoms with Crippen LogP contribution in [0.2, 0.25) is 0 Å². The highest BCUT2D eigenvalue weighted by Gasteiger charge is 2.15. The Morgan fingerprint density at radius 2 is 1.77 bits per heavy atom. The number of hydrogen-bond acceptors (Lipinski definition) is 6. The van der Waals surface area contributed by atoms with Gasteiger partial charge in [0.15, 0.2) is 11.5 Å². The Morgan fingerprint density at radius 3 is 2.34 bits per heavy atom. The largest absolute Gasteiger partial charge is 0.493 e. The molecule has 182 valence electrons. The second-order valence-corrected chi connectivity index (χ2v) is 9.94. The van der Waals surface area contributed by atoms with Crippen LogP contribution in [0.1, 0.15) is 47.8 Å². The summed E-state index contributed by atoms with van der Waals surface area (Å²) in [4.78, 5) is 22.8. The van der Waals surface area contributed by atoms with E-state index in [1.165, 1.54) is 25.5 Å². The smallest absolute Gasteiger partial charge is 0.271 e. The van der Waals surface area contributed by atoms with E-state index in [2.05, 4.69) is 53.9 Å². The van der Waals surface area contributed by atoms with E-state index in [1.807, 2.05) is 18.2 Å². The number of amides is 1. The van der Waals surface area contributed by atoms with Gasteiger partial charge >= 0.3 is 0 Å². The number of rotatable bonds is 8. The van der Waals surface area contributed by atoms with Crippen molar-refractivity contribution in [1.82, 2.24) is 5.43 Å². The average Bonchev–Trinajstić information content (AvgIpc) is 2.82. The molecule has 0 saturated heterocycles. The molecule has 35 heavy (non-hydrogen) atoms. The Labute approximate surface area is 217 Å². The fourth-order valence-electron chi connectivity index (χ4n) is 3.18. The van der Waals surface area contributed by atoms with Gasteiger partial charge in [0, 0.05) is 17.7 Å². The SMILES string of the molecule is COc1cc(/C=N\NC(=O)c2ccc(C(C)(C)C)cc2)cc(I)c1OCc1ccc([N+](=O)[O-])cc1. The van der Waals surface area contributed by atoms with E-state index < -0.39 is 4.92 Å². The van der Waals surface area contributed by atoms with Gasteiger partial charge in [-0.1, -0.05) is 32.9 Å². The maximum Gasteiger partial charge on any atom is 0.271 e. The first-order valence-corrected chi connectivity index (χ1v) is 11.8. The van der Waals surface area contributed by atoms with E-state index in [4.69, 9.17) is 9.47 Å². The molecule has 9 heteroatoms. The van der Waals surface area contributed by atoms with Crippen molar-refractivity contribution in [2.45, 2.75) is 32.8 Å². The van der Waals surface area contributed by atoms with Crippen molar-refractivity contribution in [2.75, 3.05) is 7.11 Å². The number of nitro benzene ring substituents is 1. The Hall–Kier alpha value is -3.47. The minimum atomic E-state index is -0.442. The summed E-state index contributed by atoms with van der Waals surface area (Å²) in [5, 5.41) is 14.9. The molecular weight excluding hydrogens is 561 g/mol. The van der Waals surface area contributed by atoms with Gasteiger partial charge in [-0.15, -0.1) is 0 Å². The van der Waals surface area contributed by atoms with Crippen LogP contribution >= 0.6 is 22.6 Å². The van der Waals surface area contributed by atoms with Crippen molar-refractivity contribution in [2.24, 2.45) is 5.10 Å². The third kappa shape index (κ3) is 7.01. The Bertz CT molecular complexity index is 1230. The first-order valence-electron chi connectivity index (χ1n) is 10.8. The lowest BCUT2D eigenvalue weighted by Crippen LogP contribution is -2.18. The van der Waals surface area contributed by atoms with Gasteiger partial charge in [-0.3, -0.25) is 14.9 Å².